The van der Waals surface area contributed by atoms with Crippen LogP contribution in [0.4, 0.5) is 0 Å². The van der Waals surface area contributed by atoms with Crippen LogP contribution >= 0.6 is 0 Å². The number of carbonyl (C=O) groups is 1. The molecule has 2 aliphatic rings. The minimum absolute atomic E-state index is 0.0663. The van der Waals surface area contributed by atoms with E-state index in [2.05, 4.69) is 16.3 Å². The minimum Gasteiger partial charge on any atom is -0.508 e. The number of methoxy groups -OCH3 is 1. The van der Waals surface area contributed by atoms with E-state index in [0.29, 0.717) is 31.1 Å². The van der Waals surface area contributed by atoms with Gasteiger partial charge in [0.15, 0.2) is 0 Å². The van der Waals surface area contributed by atoms with Crippen molar-refractivity contribution in [3.05, 3.63) is 65.4 Å². The Morgan fingerprint density at radius 3 is 2.71 bits per heavy atom. The van der Waals surface area contributed by atoms with Gasteiger partial charge in [0.25, 0.3) is 5.91 Å². The first-order valence-electron chi connectivity index (χ1n) is 10.5. The maximum atomic E-state index is 13.1. The SMILES string of the molecule is COc1cccc2c1C1(CCN(C(=O)c3cc(-c4ccc(O)cc4)n[nH]3)CC1)OCC2. The summed E-state index contributed by atoms with van der Waals surface area (Å²) in [6, 6.07) is 14.7. The molecule has 0 bridgehead atoms. The van der Waals surface area contributed by atoms with Crippen molar-refractivity contribution in [3.63, 3.8) is 0 Å². The average molecular weight is 419 g/mol. The quantitative estimate of drug-likeness (QED) is 0.679. The maximum Gasteiger partial charge on any atom is 0.271 e. The van der Waals surface area contributed by atoms with Crippen LogP contribution in [0.2, 0.25) is 0 Å². The van der Waals surface area contributed by atoms with Gasteiger partial charge < -0.3 is 19.5 Å². The summed E-state index contributed by atoms with van der Waals surface area (Å²) >= 11 is 0. The van der Waals surface area contributed by atoms with Crippen molar-refractivity contribution in [1.29, 1.82) is 0 Å². The molecule has 3 aromatic rings. The fourth-order valence-electron chi connectivity index (χ4n) is 4.75. The van der Waals surface area contributed by atoms with Crippen LogP contribution in [0.15, 0.2) is 48.5 Å². The number of aromatic hydroxyl groups is 1. The highest BCUT2D eigenvalue weighted by Gasteiger charge is 2.43. The van der Waals surface area contributed by atoms with Gasteiger partial charge in [-0.3, -0.25) is 9.89 Å². The lowest BCUT2D eigenvalue weighted by molar-refractivity contribution is -0.0947. The van der Waals surface area contributed by atoms with E-state index >= 15 is 0 Å². The highest BCUT2D eigenvalue weighted by molar-refractivity contribution is 5.93. The summed E-state index contributed by atoms with van der Waals surface area (Å²) in [5.74, 6) is 0.994. The van der Waals surface area contributed by atoms with Crippen molar-refractivity contribution < 1.29 is 19.4 Å². The molecule has 7 nitrogen and oxygen atoms in total. The smallest absolute Gasteiger partial charge is 0.271 e. The Balaban J connectivity index is 1.33. The lowest BCUT2D eigenvalue weighted by atomic mass is 9.78. The molecule has 3 heterocycles. The molecular weight excluding hydrogens is 394 g/mol. The summed E-state index contributed by atoms with van der Waals surface area (Å²) in [4.78, 5) is 14.9. The number of nitrogens with zero attached hydrogens (tertiary/aromatic N) is 2. The lowest BCUT2D eigenvalue weighted by Crippen LogP contribution is -2.48. The Bertz CT molecular complexity index is 1080. The number of piperidine rings is 1. The predicted octanol–water partition coefficient (Wildman–Crippen LogP) is 3.50. The number of nitrogens with one attached hydrogen (secondary N) is 1. The van der Waals surface area contributed by atoms with Gasteiger partial charge in [-0.15, -0.1) is 0 Å². The molecule has 31 heavy (non-hydrogen) atoms. The van der Waals surface area contributed by atoms with Crippen LogP contribution in [0.3, 0.4) is 0 Å². The first kappa shape index (κ1) is 19.6. The molecule has 2 N–H and O–H groups in total. The predicted molar refractivity (Wildman–Crippen MR) is 115 cm³/mol. The molecule has 2 aromatic carbocycles. The molecule has 2 aliphatic heterocycles. The molecule has 5 rings (SSSR count). The van der Waals surface area contributed by atoms with Gasteiger partial charge in [0, 0.05) is 24.2 Å². The second-order valence-electron chi connectivity index (χ2n) is 8.09. The molecule has 1 saturated heterocycles. The van der Waals surface area contributed by atoms with Crippen molar-refractivity contribution in [1.82, 2.24) is 15.1 Å². The number of aromatic amines is 1. The third-order valence-corrected chi connectivity index (χ3v) is 6.37. The number of ether oxygens (including phenoxy) is 2. The van der Waals surface area contributed by atoms with Crippen molar-refractivity contribution in [2.24, 2.45) is 0 Å². The molecule has 0 saturated carbocycles. The summed E-state index contributed by atoms with van der Waals surface area (Å²) in [5, 5.41) is 16.6. The highest BCUT2D eigenvalue weighted by Crippen LogP contribution is 2.45. The van der Waals surface area contributed by atoms with E-state index in [1.807, 2.05) is 17.0 Å². The van der Waals surface area contributed by atoms with Gasteiger partial charge in [0.05, 0.1) is 19.4 Å². The van der Waals surface area contributed by atoms with Crippen LogP contribution in [-0.4, -0.2) is 52.9 Å². The molecule has 160 valence electrons. The Morgan fingerprint density at radius 1 is 1.19 bits per heavy atom. The molecule has 1 fully saturated rings. The van der Waals surface area contributed by atoms with Crippen LogP contribution in [0.5, 0.6) is 11.5 Å². The van der Waals surface area contributed by atoms with Crippen molar-refractivity contribution in [2.45, 2.75) is 24.9 Å². The Morgan fingerprint density at radius 2 is 1.97 bits per heavy atom. The van der Waals surface area contributed by atoms with Crippen LogP contribution in [0, 0.1) is 0 Å². The zero-order valence-electron chi connectivity index (χ0n) is 17.4. The number of rotatable bonds is 3. The second-order valence-corrected chi connectivity index (χ2v) is 8.09. The number of likely N-dealkylation sites (tertiary alicyclic amines) is 1. The number of phenols is 1. The van der Waals surface area contributed by atoms with Crippen LogP contribution in [0.1, 0.15) is 34.5 Å². The largest absolute Gasteiger partial charge is 0.508 e. The lowest BCUT2D eigenvalue weighted by Gasteiger charge is -2.45. The Hall–Kier alpha value is -3.32. The number of H-pyrrole nitrogens is 1. The van der Waals surface area contributed by atoms with E-state index in [-0.39, 0.29) is 11.7 Å². The van der Waals surface area contributed by atoms with Gasteiger partial charge in [0.2, 0.25) is 0 Å². The summed E-state index contributed by atoms with van der Waals surface area (Å²) in [6.07, 6.45) is 2.33. The summed E-state index contributed by atoms with van der Waals surface area (Å²) < 4.78 is 12.0. The summed E-state index contributed by atoms with van der Waals surface area (Å²) in [6.45, 7) is 1.89. The number of carbonyl (C=O) groups excluding carboxylic acids is 1. The molecule has 1 aromatic heterocycles. The second kappa shape index (κ2) is 7.74. The van der Waals surface area contributed by atoms with Gasteiger partial charge in [-0.1, -0.05) is 12.1 Å². The van der Waals surface area contributed by atoms with E-state index in [9.17, 15) is 9.90 Å². The zero-order chi connectivity index (χ0) is 21.4. The van der Waals surface area contributed by atoms with E-state index < -0.39 is 5.60 Å². The van der Waals surface area contributed by atoms with E-state index in [0.717, 1.165) is 36.1 Å². The van der Waals surface area contributed by atoms with E-state index in [1.54, 1.807) is 37.4 Å². The molecular formula is C24H25N3O4. The molecule has 1 amide bonds. The zero-order valence-corrected chi connectivity index (χ0v) is 17.4. The fourth-order valence-corrected chi connectivity index (χ4v) is 4.75. The number of fused-ring (bicyclic) bond motifs is 2. The van der Waals surface area contributed by atoms with Gasteiger partial charge in [-0.25, -0.2) is 0 Å². The topological polar surface area (TPSA) is 87.7 Å². The first-order valence-corrected chi connectivity index (χ1v) is 10.5. The van der Waals surface area contributed by atoms with Crippen LogP contribution < -0.4 is 4.74 Å². The van der Waals surface area contributed by atoms with Crippen molar-refractivity contribution in [2.75, 3.05) is 26.8 Å². The molecule has 0 aliphatic carbocycles. The monoisotopic (exact) mass is 419 g/mol. The normalized spacial score (nSPS) is 17.4. The fraction of sp³-hybridized carbons (Fsp3) is 0.333. The number of amides is 1. The van der Waals surface area contributed by atoms with Crippen LogP contribution in [-0.2, 0) is 16.8 Å². The first-order chi connectivity index (χ1) is 15.1. The van der Waals surface area contributed by atoms with Crippen molar-refractivity contribution >= 4 is 5.91 Å². The third kappa shape index (κ3) is 3.45. The third-order valence-electron chi connectivity index (χ3n) is 6.37. The van der Waals surface area contributed by atoms with Gasteiger partial charge >= 0.3 is 0 Å². The number of hydrogen-bond acceptors (Lipinski definition) is 5. The van der Waals surface area contributed by atoms with E-state index in [1.165, 1.54) is 5.56 Å². The minimum atomic E-state index is -0.401. The number of aromatic nitrogens is 2. The molecule has 0 unspecified atom stereocenters. The number of benzene rings is 2. The number of hydrogen-bond donors (Lipinski definition) is 2. The van der Waals surface area contributed by atoms with Crippen molar-refractivity contribution in [3.8, 4) is 22.8 Å². The molecule has 0 radical (unpaired) electrons. The molecule has 1 spiro atoms. The van der Waals surface area contributed by atoms with E-state index in [4.69, 9.17) is 9.47 Å². The number of phenolic OH excluding ortho intramolecular Hbond substituents is 1. The average Bonchev–Trinajstić information content (AvgIpc) is 3.30. The molecule has 0 atom stereocenters. The van der Waals surface area contributed by atoms with Crippen LogP contribution in [0.25, 0.3) is 11.3 Å². The summed E-state index contributed by atoms with van der Waals surface area (Å²) in [5.41, 5.74) is 3.99. The standard InChI is InChI=1S/C24H25N3O4/c1-30-21-4-2-3-17-9-14-31-24(22(17)21)10-12-27(13-11-24)23(29)20-15-19(25-26-20)16-5-7-18(28)8-6-16/h2-8,15,28H,9-14H2,1H3,(H,25,26). The molecule has 7 heteroatoms. The van der Waals surface area contributed by atoms with Gasteiger partial charge in [-0.2, -0.15) is 5.10 Å². The Kier molecular flexibility index (Phi) is 4.90. The summed E-state index contributed by atoms with van der Waals surface area (Å²) in [7, 11) is 1.69. The maximum absolute atomic E-state index is 13.1. The highest BCUT2D eigenvalue weighted by atomic mass is 16.5. The Labute approximate surface area is 180 Å². The van der Waals surface area contributed by atoms with Gasteiger partial charge in [-0.05, 0) is 61.2 Å². The van der Waals surface area contributed by atoms with Gasteiger partial charge in [0.1, 0.15) is 22.8 Å².